The van der Waals surface area contributed by atoms with Crippen LogP contribution in [-0.2, 0) is 13.1 Å². The Hall–Kier alpha value is -2.86. The van der Waals surface area contributed by atoms with Crippen molar-refractivity contribution in [2.45, 2.75) is 26.1 Å². The van der Waals surface area contributed by atoms with E-state index in [1.165, 1.54) is 0 Å². The first-order valence-electron chi connectivity index (χ1n) is 10.4. The molecule has 3 aromatic carbocycles. The van der Waals surface area contributed by atoms with Gasteiger partial charge in [-0.2, -0.15) is 0 Å². The predicted molar refractivity (Wildman–Crippen MR) is 133 cm³/mol. The molecule has 0 spiro atoms. The Bertz CT molecular complexity index is 1130. The molecule has 4 rings (SSSR count). The lowest BCUT2D eigenvalue weighted by atomic mass is 10.0. The Morgan fingerprint density at radius 2 is 1.47 bits per heavy atom. The summed E-state index contributed by atoms with van der Waals surface area (Å²) in [7, 11) is 1.92. The molecule has 0 radical (unpaired) electrons. The number of halogens is 2. The van der Waals surface area contributed by atoms with Crippen molar-refractivity contribution in [2.24, 2.45) is 9.98 Å². The molecule has 0 saturated carbocycles. The predicted octanol–water partition coefficient (Wildman–Crippen LogP) is 5.54. The van der Waals surface area contributed by atoms with Crippen molar-refractivity contribution in [3.63, 3.8) is 0 Å². The number of aryl methyl sites for hydroxylation is 1. The van der Waals surface area contributed by atoms with Crippen LogP contribution in [0.5, 0.6) is 0 Å². The lowest BCUT2D eigenvalue weighted by Gasteiger charge is -2.36. The van der Waals surface area contributed by atoms with Crippen LogP contribution in [0.15, 0.2) is 82.8 Å². The van der Waals surface area contributed by atoms with Gasteiger partial charge in [0.15, 0.2) is 0 Å². The Kier molecular flexibility index (Phi) is 7.10. The van der Waals surface area contributed by atoms with Crippen molar-refractivity contribution < 1.29 is 0 Å². The fourth-order valence-electron chi connectivity index (χ4n) is 3.55. The molecule has 1 heterocycles. The van der Waals surface area contributed by atoms with E-state index in [9.17, 15) is 0 Å². The molecule has 0 amide bonds. The summed E-state index contributed by atoms with van der Waals surface area (Å²) in [5.41, 5.74) is 7.62. The molecule has 0 bridgehead atoms. The summed E-state index contributed by atoms with van der Waals surface area (Å²) in [5.74, 6) is 1.43. The molecule has 1 saturated heterocycles. The molecule has 32 heavy (non-hydrogen) atoms. The maximum Gasteiger partial charge on any atom is 0.214 e. The van der Waals surface area contributed by atoms with E-state index >= 15 is 0 Å². The Labute approximate surface area is 198 Å². The van der Waals surface area contributed by atoms with Crippen LogP contribution in [0.3, 0.4) is 0 Å². The number of nitrogens with zero attached hydrogens (tertiary/aromatic N) is 3. The monoisotopic (exact) mass is 465 g/mol. The van der Waals surface area contributed by atoms with E-state index < -0.39 is 0 Å². The van der Waals surface area contributed by atoms with Gasteiger partial charge in [0.25, 0.3) is 0 Å². The molecule has 0 aliphatic carbocycles. The van der Waals surface area contributed by atoms with E-state index in [1.54, 1.807) is 0 Å². The van der Waals surface area contributed by atoms with E-state index in [-0.39, 0.29) is 6.04 Å². The third-order valence-electron chi connectivity index (χ3n) is 5.19. The van der Waals surface area contributed by atoms with Gasteiger partial charge in [0.1, 0.15) is 11.9 Å². The normalized spacial score (nSPS) is 18.8. The lowest BCUT2D eigenvalue weighted by Crippen LogP contribution is -2.59. The van der Waals surface area contributed by atoms with Gasteiger partial charge in [-0.1, -0.05) is 89.9 Å². The van der Waals surface area contributed by atoms with Crippen molar-refractivity contribution in [3.8, 4) is 0 Å². The highest BCUT2D eigenvalue weighted by atomic mass is 35.5. The number of rotatable bonds is 5. The van der Waals surface area contributed by atoms with Gasteiger partial charge < -0.3 is 5.32 Å². The number of aliphatic imine (C=N–C) groups is 2. The zero-order valence-corrected chi connectivity index (χ0v) is 19.5. The molecule has 1 unspecified atom stereocenters. The zero-order chi connectivity index (χ0) is 22.5. The van der Waals surface area contributed by atoms with Crippen LogP contribution in [0.1, 0.15) is 28.3 Å². The van der Waals surface area contributed by atoms with E-state index in [0.717, 1.165) is 28.1 Å². The number of hydrogen-bond donors (Lipinski definition) is 2. The second-order valence-electron chi connectivity index (χ2n) is 7.71. The Morgan fingerprint density at radius 3 is 2.09 bits per heavy atom. The van der Waals surface area contributed by atoms with Crippen LogP contribution in [0.2, 0.25) is 10.0 Å². The van der Waals surface area contributed by atoms with Gasteiger partial charge in [-0.3, -0.25) is 10.0 Å². The Morgan fingerprint density at radius 1 is 0.875 bits per heavy atom. The van der Waals surface area contributed by atoms with Crippen LogP contribution in [0, 0.1) is 6.92 Å². The van der Waals surface area contributed by atoms with Crippen molar-refractivity contribution >= 4 is 35.0 Å². The molecule has 1 fully saturated rings. The van der Waals surface area contributed by atoms with Crippen molar-refractivity contribution in [1.82, 2.24) is 15.8 Å². The minimum absolute atomic E-state index is 0.288. The minimum atomic E-state index is -0.288. The number of amidine groups is 1. The van der Waals surface area contributed by atoms with E-state index in [0.29, 0.717) is 29.1 Å². The summed E-state index contributed by atoms with van der Waals surface area (Å²) < 4.78 is 0. The maximum atomic E-state index is 6.60. The van der Waals surface area contributed by atoms with Crippen molar-refractivity contribution in [3.05, 3.63) is 105 Å². The van der Waals surface area contributed by atoms with Gasteiger partial charge in [-0.05, 0) is 35.2 Å². The highest BCUT2D eigenvalue weighted by Gasteiger charge is 2.30. The topological polar surface area (TPSA) is 52.0 Å². The fraction of sp³-hybridized carbons (Fsp3) is 0.200. The van der Waals surface area contributed by atoms with Crippen molar-refractivity contribution in [2.75, 3.05) is 7.05 Å². The molecule has 1 aliphatic heterocycles. The standard InChI is InChI=1S/C25H25Cl2N5/c1-17-13-20(22(27)21(26)14-17)23-24(28-15-18-9-5-3-6-10-18)30-25(32(2)31-23)29-16-19-11-7-4-8-12-19/h3-14,23,31H,15-16H2,1-2H3,(H,28,29,30). The molecule has 164 valence electrons. The van der Waals surface area contributed by atoms with Crippen LogP contribution in [0.4, 0.5) is 0 Å². The van der Waals surface area contributed by atoms with Crippen LogP contribution >= 0.6 is 23.2 Å². The van der Waals surface area contributed by atoms with Gasteiger partial charge in [0.2, 0.25) is 5.96 Å². The average molecular weight is 466 g/mol. The molecule has 5 nitrogen and oxygen atoms in total. The molecule has 7 heteroatoms. The zero-order valence-electron chi connectivity index (χ0n) is 18.0. The minimum Gasteiger partial charge on any atom is -0.312 e. The molecule has 3 aromatic rings. The quantitative estimate of drug-likeness (QED) is 0.520. The van der Waals surface area contributed by atoms with Gasteiger partial charge in [-0.15, -0.1) is 0 Å². The van der Waals surface area contributed by atoms with Crippen LogP contribution in [0.25, 0.3) is 0 Å². The average Bonchev–Trinajstić information content (AvgIpc) is 2.81. The van der Waals surface area contributed by atoms with E-state index in [4.69, 9.17) is 33.2 Å². The SMILES string of the molecule is Cc1cc(Cl)c(Cl)c(C2NN(C)C(=NCc3ccccc3)NC2=NCc2ccccc2)c1. The van der Waals surface area contributed by atoms with E-state index in [1.807, 2.05) is 67.5 Å². The number of hydrazine groups is 1. The summed E-state index contributed by atoms with van der Waals surface area (Å²) in [5, 5.41) is 6.32. The van der Waals surface area contributed by atoms with E-state index in [2.05, 4.69) is 35.0 Å². The first-order valence-corrected chi connectivity index (χ1v) is 11.2. The second kappa shape index (κ2) is 10.2. The number of hydrogen-bond acceptors (Lipinski definition) is 3. The summed E-state index contributed by atoms with van der Waals surface area (Å²) in [6.07, 6.45) is 0. The molecular formula is C25H25Cl2N5. The van der Waals surface area contributed by atoms with Crippen LogP contribution < -0.4 is 10.7 Å². The number of nitrogens with one attached hydrogen (secondary N) is 2. The molecule has 2 N–H and O–H groups in total. The molecular weight excluding hydrogens is 441 g/mol. The first kappa shape index (κ1) is 22.3. The lowest BCUT2D eigenvalue weighted by molar-refractivity contribution is 0.319. The second-order valence-corrected chi connectivity index (χ2v) is 8.49. The van der Waals surface area contributed by atoms with Crippen molar-refractivity contribution in [1.29, 1.82) is 0 Å². The van der Waals surface area contributed by atoms with Gasteiger partial charge in [-0.25, -0.2) is 10.4 Å². The maximum absolute atomic E-state index is 6.60. The van der Waals surface area contributed by atoms with Crippen LogP contribution in [-0.4, -0.2) is 23.9 Å². The third-order valence-corrected chi connectivity index (χ3v) is 6.01. The number of guanidine groups is 1. The molecule has 0 aromatic heterocycles. The summed E-state index contributed by atoms with van der Waals surface area (Å²) in [4.78, 5) is 9.64. The number of benzene rings is 3. The Balaban J connectivity index is 1.66. The molecule has 1 atom stereocenters. The van der Waals surface area contributed by atoms with Gasteiger partial charge in [0.05, 0.1) is 23.1 Å². The summed E-state index contributed by atoms with van der Waals surface area (Å²) in [6.45, 7) is 3.09. The highest BCUT2D eigenvalue weighted by molar-refractivity contribution is 6.42. The highest BCUT2D eigenvalue weighted by Crippen LogP contribution is 2.33. The first-order chi connectivity index (χ1) is 15.5. The van der Waals surface area contributed by atoms with Gasteiger partial charge >= 0.3 is 0 Å². The smallest absolute Gasteiger partial charge is 0.214 e. The summed E-state index contributed by atoms with van der Waals surface area (Å²) in [6, 6.07) is 23.9. The summed E-state index contributed by atoms with van der Waals surface area (Å²) >= 11 is 13.0. The largest absolute Gasteiger partial charge is 0.312 e. The van der Waals surface area contributed by atoms with Gasteiger partial charge in [0, 0.05) is 7.05 Å². The fourth-order valence-corrected chi connectivity index (χ4v) is 4.05. The third kappa shape index (κ3) is 5.30. The molecule has 1 aliphatic rings.